The number of pyridine rings is 2. The van der Waals surface area contributed by atoms with Crippen molar-refractivity contribution < 1.29 is 70.2 Å². The van der Waals surface area contributed by atoms with Gasteiger partial charge in [0.05, 0.1) is 27.8 Å². The minimum atomic E-state index is -5.97. The molecule has 23 heteroatoms. The van der Waals surface area contributed by atoms with E-state index in [-0.39, 0.29) is 6.33 Å². The van der Waals surface area contributed by atoms with Gasteiger partial charge in [0.15, 0.2) is 34.7 Å². The maximum atomic E-state index is 15.1. The molecule has 4 rings (SSSR count). The van der Waals surface area contributed by atoms with Gasteiger partial charge in [-0.25, -0.2) is 37.5 Å². The van der Waals surface area contributed by atoms with Crippen LogP contribution in [0.5, 0.6) is 0 Å². The van der Waals surface area contributed by atoms with Gasteiger partial charge in [-0.15, -0.1) is 0 Å². The van der Waals surface area contributed by atoms with Gasteiger partial charge in [0.25, 0.3) is 0 Å². The van der Waals surface area contributed by atoms with Crippen LogP contribution in [0.25, 0.3) is 16.7 Å². The van der Waals surface area contributed by atoms with Gasteiger partial charge < -0.3 is 0 Å². The van der Waals surface area contributed by atoms with E-state index in [0.717, 1.165) is 18.2 Å². The Hall–Kier alpha value is -6.05. The van der Waals surface area contributed by atoms with Gasteiger partial charge in [-0.05, 0) is 0 Å². The standard InChI is InChI=1S/C26HF16N7/c27-14-11(16(29)22(32)48-19(14)25(37,38)39)5(1-43)8-9(6(2-44)12-15(28)20(26(40,41)42)49-23(33)17(12)30)10(8)7(3-45)18-13(24(34,35)36)21(31)47-4-46-18/h4H/b8-5-,9-6+,10-7?. The first-order valence-electron chi connectivity index (χ1n) is 11.8. The summed E-state index contributed by atoms with van der Waals surface area (Å²) >= 11 is 0. The summed E-state index contributed by atoms with van der Waals surface area (Å²) in [6, 6.07) is 2.50. The molecule has 1 saturated carbocycles. The van der Waals surface area contributed by atoms with Gasteiger partial charge >= 0.3 is 18.5 Å². The third kappa shape index (κ3) is 5.96. The van der Waals surface area contributed by atoms with Gasteiger partial charge in [0.2, 0.25) is 17.8 Å². The van der Waals surface area contributed by atoms with Crippen LogP contribution in [0.2, 0.25) is 0 Å². The lowest BCUT2D eigenvalue weighted by Crippen LogP contribution is -2.16. The topological polar surface area (TPSA) is 123 Å². The average molecular weight is 715 g/mol. The van der Waals surface area contributed by atoms with Gasteiger partial charge in [0, 0.05) is 16.7 Å². The van der Waals surface area contributed by atoms with E-state index in [1.165, 1.54) is 0 Å². The molecular weight excluding hydrogens is 714 g/mol. The summed E-state index contributed by atoms with van der Waals surface area (Å²) in [5, 5.41) is 29.2. The fourth-order valence-corrected chi connectivity index (χ4v) is 4.29. The van der Waals surface area contributed by atoms with Gasteiger partial charge in [-0.3, -0.25) is 0 Å². The Morgan fingerprint density at radius 3 is 1.18 bits per heavy atom. The molecule has 49 heavy (non-hydrogen) atoms. The molecule has 0 saturated heterocycles. The zero-order chi connectivity index (χ0) is 37.1. The van der Waals surface area contributed by atoms with Crippen molar-refractivity contribution in [1.82, 2.24) is 19.9 Å². The van der Waals surface area contributed by atoms with Crippen molar-refractivity contribution in [2.75, 3.05) is 0 Å². The molecule has 252 valence electrons. The molecule has 1 aliphatic carbocycles. The minimum Gasteiger partial charge on any atom is -0.235 e. The van der Waals surface area contributed by atoms with E-state index < -0.39 is 127 Å². The summed E-state index contributed by atoms with van der Waals surface area (Å²) in [5.74, 6) is -19.3. The first-order valence-corrected chi connectivity index (χ1v) is 11.8. The minimum absolute atomic E-state index is 0.0176. The third-order valence-electron chi connectivity index (χ3n) is 6.21. The Morgan fingerprint density at radius 1 is 0.490 bits per heavy atom. The summed E-state index contributed by atoms with van der Waals surface area (Å²) in [5.41, 5.74) is -25.5. The smallest absolute Gasteiger partial charge is 0.235 e. The lowest BCUT2D eigenvalue weighted by Gasteiger charge is -2.11. The van der Waals surface area contributed by atoms with E-state index >= 15 is 8.78 Å². The van der Waals surface area contributed by atoms with Crippen molar-refractivity contribution in [3.05, 3.63) is 97.9 Å². The predicted molar refractivity (Wildman–Crippen MR) is 123 cm³/mol. The summed E-state index contributed by atoms with van der Waals surface area (Å²) in [6.45, 7) is 0. The highest BCUT2D eigenvalue weighted by molar-refractivity contribution is 6.12. The van der Waals surface area contributed by atoms with Crippen LogP contribution in [0, 0.1) is 75.1 Å². The number of hydrogen-bond donors (Lipinski definition) is 0. The third-order valence-corrected chi connectivity index (χ3v) is 6.21. The van der Waals surface area contributed by atoms with Crippen LogP contribution >= 0.6 is 0 Å². The highest BCUT2D eigenvalue weighted by atomic mass is 19.4. The maximum Gasteiger partial charge on any atom is 0.436 e. The number of aromatic nitrogens is 4. The van der Waals surface area contributed by atoms with E-state index in [0.29, 0.717) is 0 Å². The quantitative estimate of drug-likeness (QED) is 0.119. The zero-order valence-corrected chi connectivity index (χ0v) is 22.3. The van der Waals surface area contributed by atoms with Crippen molar-refractivity contribution in [3.63, 3.8) is 0 Å². The molecule has 0 amide bonds. The van der Waals surface area contributed by atoms with Crippen molar-refractivity contribution in [3.8, 4) is 18.2 Å². The molecule has 0 spiro atoms. The lowest BCUT2D eigenvalue weighted by atomic mass is 10.0. The summed E-state index contributed by atoms with van der Waals surface area (Å²) < 4.78 is 224. The molecule has 1 fully saturated rings. The Kier molecular flexibility index (Phi) is 8.68. The van der Waals surface area contributed by atoms with Gasteiger partial charge in [-0.1, -0.05) is 0 Å². The molecule has 0 radical (unpaired) electrons. The molecular formula is C26HF16N7. The number of nitrogens with zero attached hydrogens (tertiary/aromatic N) is 7. The Balaban J connectivity index is 2.36. The lowest BCUT2D eigenvalue weighted by molar-refractivity contribution is -0.145. The van der Waals surface area contributed by atoms with E-state index in [4.69, 9.17) is 0 Å². The number of hydrogen-bond acceptors (Lipinski definition) is 7. The van der Waals surface area contributed by atoms with E-state index in [1.54, 1.807) is 0 Å². The molecule has 0 N–H and O–H groups in total. The van der Waals surface area contributed by atoms with Crippen LogP contribution < -0.4 is 0 Å². The number of rotatable bonds is 3. The molecule has 7 nitrogen and oxygen atoms in total. The van der Waals surface area contributed by atoms with E-state index in [2.05, 4.69) is 9.97 Å². The number of halogens is 16. The van der Waals surface area contributed by atoms with E-state index in [9.17, 15) is 77.3 Å². The van der Waals surface area contributed by atoms with Crippen LogP contribution in [0.4, 0.5) is 70.2 Å². The molecule has 3 aromatic rings. The van der Waals surface area contributed by atoms with Crippen molar-refractivity contribution in [2.24, 2.45) is 0 Å². The molecule has 0 aliphatic heterocycles. The molecule has 0 atom stereocenters. The Bertz CT molecular complexity index is 2080. The maximum absolute atomic E-state index is 15.1. The molecule has 0 unspecified atom stereocenters. The SMILES string of the molecule is N#CC(=C1C(=C(\C#N)c2c(F)c(F)nc(C(F)(F)F)c2F)/C1=C(\C#N)c1c(F)c(F)nc(C(F)(F)F)c1F)c1ncnc(F)c1C(F)(F)F. The van der Waals surface area contributed by atoms with Crippen LogP contribution in [0.3, 0.4) is 0 Å². The summed E-state index contributed by atoms with van der Waals surface area (Å²) in [7, 11) is 0. The molecule has 3 heterocycles. The first-order chi connectivity index (χ1) is 22.5. The summed E-state index contributed by atoms with van der Waals surface area (Å²) in [4.78, 5) is 9.64. The Morgan fingerprint density at radius 2 is 0.857 bits per heavy atom. The fraction of sp³-hybridized carbons (Fsp3) is 0.115. The van der Waals surface area contributed by atoms with Crippen molar-refractivity contribution in [1.29, 1.82) is 15.8 Å². The second-order valence-corrected chi connectivity index (χ2v) is 8.98. The number of allylic oxidation sites excluding steroid dienone is 6. The average Bonchev–Trinajstić information content (AvgIpc) is 3.69. The predicted octanol–water partition coefficient (Wildman–Crippen LogP) is 7.54. The van der Waals surface area contributed by atoms with Crippen LogP contribution in [0.1, 0.15) is 33.8 Å². The van der Waals surface area contributed by atoms with Crippen LogP contribution in [-0.2, 0) is 18.5 Å². The fourth-order valence-electron chi connectivity index (χ4n) is 4.29. The molecule has 1 aliphatic rings. The molecule has 3 aromatic heterocycles. The zero-order valence-electron chi connectivity index (χ0n) is 22.3. The summed E-state index contributed by atoms with van der Waals surface area (Å²) in [6.07, 6.45) is -17.8. The number of nitriles is 3. The second-order valence-electron chi connectivity index (χ2n) is 8.98. The highest BCUT2D eigenvalue weighted by Gasteiger charge is 2.49. The first kappa shape index (κ1) is 35.8. The molecule has 0 aromatic carbocycles. The normalized spacial score (nSPS) is 16.4. The second kappa shape index (κ2) is 11.9. The van der Waals surface area contributed by atoms with E-state index in [1.807, 2.05) is 9.97 Å². The van der Waals surface area contributed by atoms with Crippen molar-refractivity contribution >= 4 is 16.7 Å². The van der Waals surface area contributed by atoms with Crippen molar-refractivity contribution in [2.45, 2.75) is 18.5 Å². The monoisotopic (exact) mass is 715 g/mol. The highest BCUT2D eigenvalue weighted by Crippen LogP contribution is 2.57. The number of alkyl halides is 9. The largest absolute Gasteiger partial charge is 0.436 e. The Labute approximate surface area is 258 Å². The molecule has 0 bridgehead atoms. The van der Waals surface area contributed by atoms with Crippen LogP contribution in [0.15, 0.2) is 23.0 Å². The van der Waals surface area contributed by atoms with Crippen LogP contribution in [-0.4, -0.2) is 19.9 Å². The van der Waals surface area contributed by atoms with Gasteiger partial charge in [0.1, 0.15) is 35.8 Å². The van der Waals surface area contributed by atoms with Gasteiger partial charge in [-0.2, -0.15) is 68.5 Å².